The van der Waals surface area contributed by atoms with Crippen LogP contribution in [0.1, 0.15) is 12.1 Å². The number of fused-ring (bicyclic) bond motifs is 2. The highest BCUT2D eigenvalue weighted by atomic mass is 15.3. The summed E-state index contributed by atoms with van der Waals surface area (Å²) in [6, 6.07) is 4.42. The van der Waals surface area contributed by atoms with Crippen LogP contribution in [0, 0.1) is 0 Å². The Morgan fingerprint density at radius 1 is 1.50 bits per heavy atom. The van der Waals surface area contributed by atoms with Crippen LogP contribution in [-0.2, 0) is 12.1 Å². The van der Waals surface area contributed by atoms with Crippen LogP contribution in [0.4, 0.5) is 0 Å². The number of aromatic nitrogens is 1. The Morgan fingerprint density at radius 2 is 2.43 bits per heavy atom. The van der Waals surface area contributed by atoms with Crippen molar-refractivity contribution in [1.29, 1.82) is 0 Å². The number of nitrogens with one attached hydrogen (secondary N) is 1. The van der Waals surface area contributed by atoms with E-state index in [0.29, 0.717) is 5.54 Å². The van der Waals surface area contributed by atoms with E-state index in [1.807, 2.05) is 0 Å². The molecular formula is C11H17N3. The second-order valence-electron chi connectivity index (χ2n) is 4.69. The lowest BCUT2D eigenvalue weighted by molar-refractivity contribution is 0.146. The summed E-state index contributed by atoms with van der Waals surface area (Å²) in [7, 11) is 2.22. The van der Waals surface area contributed by atoms with E-state index in [-0.39, 0.29) is 0 Å². The molecule has 1 aromatic heterocycles. The number of nitrogens with zero attached hydrogens (tertiary/aromatic N) is 2. The Labute approximate surface area is 84.7 Å². The van der Waals surface area contributed by atoms with Crippen molar-refractivity contribution in [2.75, 3.05) is 26.7 Å². The minimum Gasteiger partial charge on any atom is -0.342 e. The average Bonchev–Trinajstić information content (AvgIpc) is 2.73. The summed E-state index contributed by atoms with van der Waals surface area (Å²) < 4.78 is 2.49. The van der Waals surface area contributed by atoms with E-state index < -0.39 is 0 Å². The molecule has 1 N–H and O–H groups in total. The maximum absolute atomic E-state index is 3.49. The van der Waals surface area contributed by atoms with Gasteiger partial charge in [-0.05, 0) is 32.1 Å². The molecule has 0 radical (unpaired) electrons. The van der Waals surface area contributed by atoms with Crippen molar-refractivity contribution in [3.8, 4) is 0 Å². The van der Waals surface area contributed by atoms with E-state index in [1.165, 1.54) is 18.7 Å². The van der Waals surface area contributed by atoms with Gasteiger partial charge in [0.05, 0.1) is 5.54 Å². The number of hydrogen-bond donors (Lipinski definition) is 1. The molecule has 1 atom stereocenters. The van der Waals surface area contributed by atoms with Crippen LogP contribution in [0.2, 0.25) is 0 Å². The van der Waals surface area contributed by atoms with Crippen molar-refractivity contribution in [3.05, 3.63) is 24.0 Å². The van der Waals surface area contributed by atoms with Crippen molar-refractivity contribution in [2.24, 2.45) is 0 Å². The number of hydrogen-bond acceptors (Lipinski definition) is 2. The summed E-state index contributed by atoms with van der Waals surface area (Å²) in [5.74, 6) is 0. The van der Waals surface area contributed by atoms with Gasteiger partial charge in [0, 0.05) is 31.5 Å². The first kappa shape index (κ1) is 8.50. The molecule has 1 spiro atoms. The molecule has 0 aromatic carbocycles. The monoisotopic (exact) mass is 191 g/mol. The highest BCUT2D eigenvalue weighted by Gasteiger charge is 2.39. The SMILES string of the molecule is CN1Cc2cccn2C2(CCNC2)C1. The van der Waals surface area contributed by atoms with Gasteiger partial charge in [-0.3, -0.25) is 4.90 Å². The summed E-state index contributed by atoms with van der Waals surface area (Å²) in [6.45, 7) is 4.56. The van der Waals surface area contributed by atoms with Gasteiger partial charge in [0.15, 0.2) is 0 Å². The Kier molecular flexibility index (Phi) is 1.73. The fourth-order valence-electron chi connectivity index (χ4n) is 2.99. The third-order valence-corrected chi connectivity index (χ3v) is 3.56. The van der Waals surface area contributed by atoms with E-state index in [2.05, 4.69) is 40.2 Å². The highest BCUT2D eigenvalue weighted by Crippen LogP contribution is 2.31. The molecule has 0 saturated carbocycles. The lowest BCUT2D eigenvalue weighted by Crippen LogP contribution is -2.49. The summed E-state index contributed by atoms with van der Waals surface area (Å²) in [6.07, 6.45) is 3.51. The Hall–Kier alpha value is -0.800. The Bertz CT molecular complexity index is 336. The maximum Gasteiger partial charge on any atom is 0.0705 e. The normalized spacial score (nSPS) is 32.4. The first-order valence-corrected chi connectivity index (χ1v) is 5.36. The zero-order chi connectivity index (χ0) is 9.60. The van der Waals surface area contributed by atoms with Crippen LogP contribution in [0.15, 0.2) is 18.3 Å². The van der Waals surface area contributed by atoms with Gasteiger partial charge in [-0.15, -0.1) is 0 Å². The maximum atomic E-state index is 3.49. The van der Waals surface area contributed by atoms with Crippen LogP contribution in [-0.4, -0.2) is 36.1 Å². The molecule has 14 heavy (non-hydrogen) atoms. The largest absolute Gasteiger partial charge is 0.342 e. The van der Waals surface area contributed by atoms with Gasteiger partial charge in [0.1, 0.15) is 0 Å². The van der Waals surface area contributed by atoms with Crippen molar-refractivity contribution in [3.63, 3.8) is 0 Å². The van der Waals surface area contributed by atoms with E-state index in [1.54, 1.807) is 0 Å². The Balaban J connectivity index is 2.07. The van der Waals surface area contributed by atoms with Gasteiger partial charge in [-0.2, -0.15) is 0 Å². The average molecular weight is 191 g/mol. The van der Waals surface area contributed by atoms with Crippen LogP contribution in [0.3, 0.4) is 0 Å². The zero-order valence-corrected chi connectivity index (χ0v) is 8.66. The van der Waals surface area contributed by atoms with Crippen LogP contribution in [0.25, 0.3) is 0 Å². The molecule has 3 nitrogen and oxygen atoms in total. The summed E-state index contributed by atoms with van der Waals surface area (Å²) in [4.78, 5) is 2.43. The van der Waals surface area contributed by atoms with Crippen molar-refractivity contribution in [1.82, 2.24) is 14.8 Å². The molecule has 1 aromatic rings. The zero-order valence-electron chi connectivity index (χ0n) is 8.66. The summed E-state index contributed by atoms with van der Waals surface area (Å²) in [5, 5.41) is 3.49. The van der Waals surface area contributed by atoms with Gasteiger partial charge in [0.2, 0.25) is 0 Å². The number of likely N-dealkylation sites (N-methyl/N-ethyl adjacent to an activating group) is 1. The van der Waals surface area contributed by atoms with Gasteiger partial charge < -0.3 is 9.88 Å². The third-order valence-electron chi connectivity index (χ3n) is 3.56. The van der Waals surface area contributed by atoms with Gasteiger partial charge >= 0.3 is 0 Å². The minimum absolute atomic E-state index is 0.339. The fourth-order valence-corrected chi connectivity index (χ4v) is 2.99. The van der Waals surface area contributed by atoms with Gasteiger partial charge in [-0.1, -0.05) is 0 Å². The van der Waals surface area contributed by atoms with Crippen molar-refractivity contribution in [2.45, 2.75) is 18.5 Å². The van der Waals surface area contributed by atoms with Gasteiger partial charge in [0.25, 0.3) is 0 Å². The predicted octanol–water partition coefficient (Wildman–Crippen LogP) is 0.622. The van der Waals surface area contributed by atoms with Crippen LogP contribution in [0.5, 0.6) is 0 Å². The van der Waals surface area contributed by atoms with E-state index in [4.69, 9.17) is 0 Å². The molecule has 3 heterocycles. The summed E-state index contributed by atoms with van der Waals surface area (Å²) >= 11 is 0. The van der Waals surface area contributed by atoms with E-state index in [0.717, 1.165) is 19.6 Å². The highest BCUT2D eigenvalue weighted by molar-refractivity contribution is 5.16. The Morgan fingerprint density at radius 3 is 3.21 bits per heavy atom. The molecule has 2 aliphatic rings. The molecule has 0 amide bonds. The molecule has 1 fully saturated rings. The molecule has 2 aliphatic heterocycles. The predicted molar refractivity (Wildman–Crippen MR) is 56.2 cm³/mol. The minimum atomic E-state index is 0.339. The lowest BCUT2D eigenvalue weighted by atomic mass is 9.95. The van der Waals surface area contributed by atoms with Gasteiger partial charge in [-0.25, -0.2) is 0 Å². The summed E-state index contributed by atoms with van der Waals surface area (Å²) in [5.41, 5.74) is 1.80. The van der Waals surface area contributed by atoms with Crippen LogP contribution < -0.4 is 5.32 Å². The quantitative estimate of drug-likeness (QED) is 0.649. The molecule has 76 valence electrons. The second-order valence-corrected chi connectivity index (χ2v) is 4.69. The molecule has 1 saturated heterocycles. The third kappa shape index (κ3) is 1.06. The molecular weight excluding hydrogens is 174 g/mol. The van der Waals surface area contributed by atoms with E-state index >= 15 is 0 Å². The standard InChI is InChI=1S/C11H17N3/c1-13-7-10-3-2-6-14(10)11(9-13)4-5-12-8-11/h2-3,6,12H,4-5,7-9H2,1H3. The number of rotatable bonds is 0. The van der Waals surface area contributed by atoms with Crippen molar-refractivity contribution < 1.29 is 0 Å². The molecule has 0 aliphatic carbocycles. The smallest absolute Gasteiger partial charge is 0.0705 e. The van der Waals surface area contributed by atoms with Crippen LogP contribution >= 0.6 is 0 Å². The molecule has 3 rings (SSSR count). The van der Waals surface area contributed by atoms with Crippen molar-refractivity contribution >= 4 is 0 Å². The molecule has 0 bridgehead atoms. The lowest BCUT2D eigenvalue weighted by Gasteiger charge is -2.41. The fraction of sp³-hybridized carbons (Fsp3) is 0.636. The first-order chi connectivity index (χ1) is 6.80. The molecule has 1 unspecified atom stereocenters. The topological polar surface area (TPSA) is 20.2 Å². The first-order valence-electron chi connectivity index (χ1n) is 5.36. The van der Waals surface area contributed by atoms with E-state index in [9.17, 15) is 0 Å². The second kappa shape index (κ2) is 2.84. The molecule has 3 heteroatoms.